The van der Waals surface area contributed by atoms with Gasteiger partial charge in [-0.3, -0.25) is 0 Å². The van der Waals surface area contributed by atoms with Gasteiger partial charge in [-0.1, -0.05) is 17.7 Å². The van der Waals surface area contributed by atoms with Crippen LogP contribution >= 0.6 is 11.6 Å². The number of anilines is 2. The van der Waals surface area contributed by atoms with E-state index in [0.717, 1.165) is 19.5 Å². The van der Waals surface area contributed by atoms with Crippen LogP contribution in [0.15, 0.2) is 36.7 Å². The first-order chi connectivity index (χ1) is 13.2. The summed E-state index contributed by atoms with van der Waals surface area (Å²) in [6, 6.07) is 8.36. The molecule has 3 aromatic rings. The van der Waals surface area contributed by atoms with Crippen molar-refractivity contribution in [3.05, 3.63) is 47.5 Å². The fourth-order valence-corrected chi connectivity index (χ4v) is 3.23. The second-order valence-corrected chi connectivity index (χ2v) is 6.61. The molecule has 0 saturated carbocycles. The first kappa shape index (κ1) is 17.8. The normalized spacial score (nSPS) is 16.5. The molecule has 1 aromatic heterocycles. The maximum atomic E-state index is 14.3. The Morgan fingerprint density at radius 3 is 2.93 bits per heavy atom. The SMILES string of the molecule is COc1cc2ncnc(Nc3cccc(Cl)c3F)c2cc1O[C@H]1CCNC1. The number of fused-ring (bicyclic) bond motifs is 1. The second kappa shape index (κ2) is 7.54. The van der Waals surface area contributed by atoms with Crippen LogP contribution in [0.4, 0.5) is 15.9 Å². The van der Waals surface area contributed by atoms with E-state index < -0.39 is 5.82 Å². The standard InChI is InChI=1S/C19H18ClFN4O2/c1-26-16-8-15-12(7-17(16)27-11-5-6-22-9-11)19(24-10-23-15)25-14-4-2-3-13(20)18(14)21/h2-4,7-8,10-11,22H,5-6,9H2,1H3,(H,23,24,25)/t11-/m0/s1. The van der Waals surface area contributed by atoms with Crippen LogP contribution in [0.3, 0.4) is 0 Å². The van der Waals surface area contributed by atoms with Gasteiger partial charge in [0.05, 0.1) is 23.3 Å². The van der Waals surface area contributed by atoms with E-state index in [1.165, 1.54) is 12.4 Å². The summed E-state index contributed by atoms with van der Waals surface area (Å²) in [7, 11) is 1.59. The van der Waals surface area contributed by atoms with Gasteiger partial charge in [0.2, 0.25) is 0 Å². The van der Waals surface area contributed by atoms with Gasteiger partial charge in [0.25, 0.3) is 0 Å². The zero-order valence-electron chi connectivity index (χ0n) is 14.6. The highest BCUT2D eigenvalue weighted by Crippen LogP contribution is 2.36. The van der Waals surface area contributed by atoms with Crippen molar-refractivity contribution in [3.8, 4) is 11.5 Å². The highest BCUT2D eigenvalue weighted by Gasteiger charge is 2.20. The van der Waals surface area contributed by atoms with Gasteiger partial charge in [-0.2, -0.15) is 0 Å². The van der Waals surface area contributed by atoms with Crippen molar-refractivity contribution in [1.82, 2.24) is 15.3 Å². The van der Waals surface area contributed by atoms with Crippen LogP contribution in [0, 0.1) is 5.82 Å². The average Bonchev–Trinajstić information content (AvgIpc) is 3.18. The van der Waals surface area contributed by atoms with E-state index in [2.05, 4.69) is 20.6 Å². The average molecular weight is 389 g/mol. The molecule has 1 aliphatic rings. The number of methoxy groups -OCH3 is 1. The summed E-state index contributed by atoms with van der Waals surface area (Å²) in [6.45, 7) is 1.70. The molecule has 8 heteroatoms. The van der Waals surface area contributed by atoms with Crippen molar-refractivity contribution >= 4 is 34.0 Å². The fourth-order valence-electron chi connectivity index (χ4n) is 3.05. The fraction of sp³-hybridized carbons (Fsp3) is 0.263. The minimum Gasteiger partial charge on any atom is -0.493 e. The predicted octanol–water partition coefficient (Wildman–Crippen LogP) is 3.92. The Labute approximate surface area is 160 Å². The van der Waals surface area contributed by atoms with E-state index in [9.17, 15) is 4.39 Å². The van der Waals surface area contributed by atoms with E-state index in [1.807, 2.05) is 6.07 Å². The molecule has 27 heavy (non-hydrogen) atoms. The van der Waals surface area contributed by atoms with Crippen LogP contribution in [-0.2, 0) is 0 Å². The molecule has 0 aliphatic carbocycles. The molecule has 0 spiro atoms. The Balaban J connectivity index is 1.75. The zero-order chi connectivity index (χ0) is 18.8. The van der Waals surface area contributed by atoms with Gasteiger partial charge < -0.3 is 20.1 Å². The molecule has 140 valence electrons. The van der Waals surface area contributed by atoms with Crippen molar-refractivity contribution < 1.29 is 13.9 Å². The summed E-state index contributed by atoms with van der Waals surface area (Å²) in [4.78, 5) is 8.55. The van der Waals surface area contributed by atoms with Crippen molar-refractivity contribution in [3.63, 3.8) is 0 Å². The minimum absolute atomic E-state index is 0.0396. The van der Waals surface area contributed by atoms with Crippen LogP contribution in [0.1, 0.15) is 6.42 Å². The lowest BCUT2D eigenvalue weighted by atomic mass is 10.2. The summed E-state index contributed by atoms with van der Waals surface area (Å²) in [5.74, 6) is 1.11. The molecule has 1 atom stereocenters. The van der Waals surface area contributed by atoms with Crippen molar-refractivity contribution in [1.29, 1.82) is 0 Å². The number of nitrogens with zero attached hydrogens (tertiary/aromatic N) is 2. The van der Waals surface area contributed by atoms with Crippen molar-refractivity contribution in [2.24, 2.45) is 0 Å². The van der Waals surface area contributed by atoms with Crippen LogP contribution < -0.4 is 20.1 Å². The zero-order valence-corrected chi connectivity index (χ0v) is 15.4. The Morgan fingerprint density at radius 2 is 2.15 bits per heavy atom. The molecule has 0 unspecified atom stereocenters. The molecule has 1 aliphatic heterocycles. The smallest absolute Gasteiger partial charge is 0.165 e. The third-order valence-corrected chi connectivity index (χ3v) is 4.73. The monoisotopic (exact) mass is 388 g/mol. The predicted molar refractivity (Wildman–Crippen MR) is 103 cm³/mol. The van der Waals surface area contributed by atoms with Crippen LogP contribution in [0.25, 0.3) is 10.9 Å². The third kappa shape index (κ3) is 3.61. The maximum Gasteiger partial charge on any atom is 0.165 e. The molecule has 2 aromatic carbocycles. The van der Waals surface area contributed by atoms with E-state index in [4.69, 9.17) is 21.1 Å². The molecule has 1 fully saturated rings. The molecule has 4 rings (SSSR count). The Kier molecular flexibility index (Phi) is 4.96. The lowest BCUT2D eigenvalue weighted by Crippen LogP contribution is -2.19. The molecule has 2 N–H and O–H groups in total. The molecule has 0 bridgehead atoms. The van der Waals surface area contributed by atoms with Gasteiger partial charge in [0.15, 0.2) is 17.3 Å². The van der Waals surface area contributed by atoms with E-state index in [-0.39, 0.29) is 16.8 Å². The van der Waals surface area contributed by atoms with E-state index in [1.54, 1.807) is 25.3 Å². The van der Waals surface area contributed by atoms with E-state index >= 15 is 0 Å². The number of hydrogen-bond donors (Lipinski definition) is 2. The lowest BCUT2D eigenvalue weighted by molar-refractivity contribution is 0.213. The van der Waals surface area contributed by atoms with Gasteiger partial charge in [0, 0.05) is 18.0 Å². The highest BCUT2D eigenvalue weighted by atomic mass is 35.5. The quantitative estimate of drug-likeness (QED) is 0.690. The molecule has 0 radical (unpaired) electrons. The van der Waals surface area contributed by atoms with Crippen molar-refractivity contribution in [2.75, 3.05) is 25.5 Å². The summed E-state index contributed by atoms with van der Waals surface area (Å²) < 4.78 is 25.8. The second-order valence-electron chi connectivity index (χ2n) is 6.20. The Hall–Kier alpha value is -2.64. The van der Waals surface area contributed by atoms with Crippen molar-refractivity contribution in [2.45, 2.75) is 12.5 Å². The third-order valence-electron chi connectivity index (χ3n) is 4.43. The number of halogens is 2. The molecule has 2 heterocycles. The largest absolute Gasteiger partial charge is 0.493 e. The number of benzene rings is 2. The van der Waals surface area contributed by atoms with Crippen LogP contribution in [0.5, 0.6) is 11.5 Å². The first-order valence-corrected chi connectivity index (χ1v) is 8.94. The van der Waals surface area contributed by atoms with Gasteiger partial charge in [-0.05, 0) is 31.2 Å². The summed E-state index contributed by atoms with van der Waals surface area (Å²) in [5, 5.41) is 6.99. The molecular formula is C19H18ClFN4O2. The van der Waals surface area contributed by atoms with Gasteiger partial charge in [-0.15, -0.1) is 0 Å². The summed E-state index contributed by atoms with van der Waals surface area (Å²) in [6.07, 6.45) is 2.40. The molecule has 0 amide bonds. The number of hydrogen-bond acceptors (Lipinski definition) is 6. The van der Waals surface area contributed by atoms with Gasteiger partial charge >= 0.3 is 0 Å². The first-order valence-electron chi connectivity index (χ1n) is 8.57. The number of rotatable bonds is 5. The summed E-state index contributed by atoms with van der Waals surface area (Å²) >= 11 is 5.87. The maximum absolute atomic E-state index is 14.3. The Morgan fingerprint density at radius 1 is 1.26 bits per heavy atom. The lowest BCUT2D eigenvalue weighted by Gasteiger charge is -2.17. The van der Waals surface area contributed by atoms with Crippen LogP contribution in [0.2, 0.25) is 5.02 Å². The molecule has 1 saturated heterocycles. The van der Waals surface area contributed by atoms with Gasteiger partial charge in [-0.25, -0.2) is 14.4 Å². The van der Waals surface area contributed by atoms with Gasteiger partial charge in [0.1, 0.15) is 18.2 Å². The molecule has 6 nitrogen and oxygen atoms in total. The number of ether oxygens (including phenoxy) is 2. The van der Waals surface area contributed by atoms with E-state index in [0.29, 0.717) is 28.2 Å². The number of aromatic nitrogens is 2. The highest BCUT2D eigenvalue weighted by molar-refractivity contribution is 6.31. The minimum atomic E-state index is -0.534. The number of nitrogens with one attached hydrogen (secondary N) is 2. The Bertz CT molecular complexity index is 979. The molecular weight excluding hydrogens is 371 g/mol. The van der Waals surface area contributed by atoms with Crippen LogP contribution in [-0.4, -0.2) is 36.3 Å². The topological polar surface area (TPSA) is 68.3 Å². The summed E-state index contributed by atoms with van der Waals surface area (Å²) in [5.41, 5.74) is 0.893.